The first-order valence-electron chi connectivity index (χ1n) is 11.4. The number of hydrogen-bond acceptors (Lipinski definition) is 6. The summed E-state index contributed by atoms with van der Waals surface area (Å²) in [5.74, 6) is 0.827. The molecule has 2 heterocycles. The summed E-state index contributed by atoms with van der Waals surface area (Å²) in [6.07, 6.45) is 3.53. The van der Waals surface area contributed by atoms with Gasteiger partial charge in [0.25, 0.3) is 5.91 Å². The predicted octanol–water partition coefficient (Wildman–Crippen LogP) is 3.72. The minimum atomic E-state index is -0.699. The zero-order chi connectivity index (χ0) is 22.9. The van der Waals surface area contributed by atoms with E-state index in [-0.39, 0.29) is 18.2 Å². The Kier molecular flexibility index (Phi) is 7.93. The SMILES string of the molecule is O=C(CC1(NC(=O)c2ccc(Oc3ccccc3)cc2)CCOCC1)NOC1CCCCO1. The summed E-state index contributed by atoms with van der Waals surface area (Å²) in [6, 6.07) is 16.4. The maximum absolute atomic E-state index is 13.0. The van der Waals surface area contributed by atoms with Gasteiger partial charge < -0.3 is 19.5 Å². The fraction of sp³-hybridized carbons (Fsp3) is 0.440. The van der Waals surface area contributed by atoms with E-state index in [4.69, 9.17) is 19.0 Å². The fourth-order valence-corrected chi connectivity index (χ4v) is 4.00. The molecule has 0 aliphatic carbocycles. The first-order valence-corrected chi connectivity index (χ1v) is 11.4. The van der Waals surface area contributed by atoms with E-state index >= 15 is 0 Å². The molecule has 1 atom stereocenters. The van der Waals surface area contributed by atoms with Crippen LogP contribution in [0, 0.1) is 0 Å². The van der Waals surface area contributed by atoms with E-state index < -0.39 is 11.8 Å². The van der Waals surface area contributed by atoms with Crippen LogP contribution < -0.4 is 15.5 Å². The Balaban J connectivity index is 1.35. The van der Waals surface area contributed by atoms with Gasteiger partial charge in [-0.15, -0.1) is 0 Å². The van der Waals surface area contributed by atoms with Crippen LogP contribution >= 0.6 is 0 Å². The number of ether oxygens (including phenoxy) is 3. The van der Waals surface area contributed by atoms with E-state index in [1.807, 2.05) is 30.3 Å². The first-order chi connectivity index (χ1) is 16.1. The number of rotatable bonds is 8. The molecule has 0 saturated carbocycles. The van der Waals surface area contributed by atoms with Crippen LogP contribution in [0.1, 0.15) is 48.9 Å². The number of hydroxylamine groups is 1. The minimum absolute atomic E-state index is 0.101. The summed E-state index contributed by atoms with van der Waals surface area (Å²) < 4.78 is 16.7. The van der Waals surface area contributed by atoms with Gasteiger partial charge in [0.2, 0.25) is 5.91 Å². The smallest absolute Gasteiger partial charge is 0.251 e. The Bertz CT molecular complexity index is 906. The molecule has 2 aromatic rings. The summed E-state index contributed by atoms with van der Waals surface area (Å²) in [5, 5.41) is 3.08. The van der Waals surface area contributed by atoms with Gasteiger partial charge in [-0.3, -0.25) is 9.59 Å². The molecule has 0 radical (unpaired) electrons. The zero-order valence-corrected chi connectivity index (χ0v) is 18.6. The van der Waals surface area contributed by atoms with Crippen molar-refractivity contribution in [3.8, 4) is 11.5 Å². The molecule has 2 fully saturated rings. The van der Waals surface area contributed by atoms with Crippen LogP contribution in [0.4, 0.5) is 0 Å². The molecule has 1 unspecified atom stereocenters. The largest absolute Gasteiger partial charge is 0.457 e. The molecular formula is C25H30N2O6. The van der Waals surface area contributed by atoms with E-state index in [1.54, 1.807) is 24.3 Å². The number of nitrogens with one attached hydrogen (secondary N) is 2. The Labute approximate surface area is 193 Å². The third-order valence-corrected chi connectivity index (χ3v) is 5.87. The molecule has 4 rings (SSSR count). The van der Waals surface area contributed by atoms with Gasteiger partial charge in [-0.2, -0.15) is 0 Å². The Morgan fingerprint density at radius 3 is 2.36 bits per heavy atom. The maximum atomic E-state index is 13.0. The Hall–Kier alpha value is -2.94. The van der Waals surface area contributed by atoms with Crippen molar-refractivity contribution in [1.29, 1.82) is 0 Å². The number of amides is 2. The van der Waals surface area contributed by atoms with Gasteiger partial charge in [0, 0.05) is 31.8 Å². The zero-order valence-electron chi connectivity index (χ0n) is 18.6. The monoisotopic (exact) mass is 454 g/mol. The highest BCUT2D eigenvalue weighted by molar-refractivity contribution is 5.95. The van der Waals surface area contributed by atoms with Crippen molar-refractivity contribution in [3.05, 3.63) is 60.2 Å². The first kappa shape index (κ1) is 23.2. The van der Waals surface area contributed by atoms with Gasteiger partial charge in [-0.05, 0) is 62.1 Å². The van der Waals surface area contributed by atoms with Crippen LogP contribution in [0.3, 0.4) is 0 Å². The lowest BCUT2D eigenvalue weighted by Crippen LogP contribution is -2.54. The average Bonchev–Trinajstić information content (AvgIpc) is 2.85. The molecule has 0 aromatic heterocycles. The van der Waals surface area contributed by atoms with Crippen molar-refractivity contribution in [3.63, 3.8) is 0 Å². The minimum Gasteiger partial charge on any atom is -0.457 e. The van der Waals surface area contributed by atoms with E-state index in [1.165, 1.54) is 0 Å². The Morgan fingerprint density at radius 2 is 1.67 bits per heavy atom. The highest BCUT2D eigenvalue weighted by atomic mass is 16.8. The highest BCUT2D eigenvalue weighted by Crippen LogP contribution is 2.26. The highest BCUT2D eigenvalue weighted by Gasteiger charge is 2.37. The molecule has 2 N–H and O–H groups in total. The molecular weight excluding hydrogens is 424 g/mol. The molecule has 8 heteroatoms. The second kappa shape index (κ2) is 11.3. The summed E-state index contributed by atoms with van der Waals surface area (Å²) in [7, 11) is 0. The molecule has 176 valence electrons. The van der Waals surface area contributed by atoms with Crippen LogP contribution in [0.2, 0.25) is 0 Å². The standard InChI is InChI=1S/C25H30N2O6/c28-22(27-33-23-8-4-5-15-31-23)18-25(13-16-30-17-14-25)26-24(29)19-9-11-21(12-10-19)32-20-6-2-1-3-7-20/h1-3,6-7,9-12,23H,4-5,8,13-18H2,(H,26,29)(H,27,28). The van der Waals surface area contributed by atoms with Crippen LogP contribution in [0.5, 0.6) is 11.5 Å². The molecule has 2 aromatic carbocycles. The number of carbonyl (C=O) groups is 2. The lowest BCUT2D eigenvalue weighted by atomic mass is 9.86. The van der Waals surface area contributed by atoms with Crippen LogP contribution in [0.25, 0.3) is 0 Å². The maximum Gasteiger partial charge on any atom is 0.251 e. The van der Waals surface area contributed by atoms with Crippen molar-refractivity contribution in [2.45, 2.75) is 50.4 Å². The van der Waals surface area contributed by atoms with Gasteiger partial charge in [0.15, 0.2) is 6.29 Å². The van der Waals surface area contributed by atoms with E-state index in [0.717, 1.165) is 25.0 Å². The second-order valence-electron chi connectivity index (χ2n) is 8.40. The molecule has 33 heavy (non-hydrogen) atoms. The lowest BCUT2D eigenvalue weighted by Gasteiger charge is -2.37. The van der Waals surface area contributed by atoms with E-state index in [9.17, 15) is 9.59 Å². The third kappa shape index (κ3) is 6.77. The van der Waals surface area contributed by atoms with Crippen molar-refractivity contribution in [2.75, 3.05) is 19.8 Å². The Morgan fingerprint density at radius 1 is 0.939 bits per heavy atom. The van der Waals surface area contributed by atoms with E-state index in [2.05, 4.69) is 10.8 Å². The number of para-hydroxylation sites is 1. The van der Waals surface area contributed by atoms with Crippen LogP contribution in [-0.2, 0) is 19.1 Å². The average molecular weight is 455 g/mol. The summed E-state index contributed by atoms with van der Waals surface area (Å²) >= 11 is 0. The predicted molar refractivity (Wildman–Crippen MR) is 121 cm³/mol. The normalized spacial score (nSPS) is 19.9. The third-order valence-electron chi connectivity index (χ3n) is 5.87. The summed E-state index contributed by atoms with van der Waals surface area (Å²) in [5.41, 5.74) is 2.29. The topological polar surface area (TPSA) is 95.1 Å². The quantitative estimate of drug-likeness (QED) is 0.591. The van der Waals surface area contributed by atoms with Gasteiger partial charge >= 0.3 is 0 Å². The molecule has 2 saturated heterocycles. The molecule has 2 aliphatic rings. The van der Waals surface area contributed by atoms with Gasteiger partial charge in [-0.1, -0.05) is 18.2 Å². The molecule has 2 amide bonds. The van der Waals surface area contributed by atoms with Crippen molar-refractivity contribution in [1.82, 2.24) is 10.8 Å². The van der Waals surface area contributed by atoms with Crippen molar-refractivity contribution >= 4 is 11.8 Å². The van der Waals surface area contributed by atoms with Crippen molar-refractivity contribution < 1.29 is 28.6 Å². The molecule has 0 bridgehead atoms. The molecule has 2 aliphatic heterocycles. The summed E-state index contributed by atoms with van der Waals surface area (Å²) in [6.45, 7) is 1.58. The fourth-order valence-electron chi connectivity index (χ4n) is 4.00. The number of carbonyl (C=O) groups excluding carboxylic acids is 2. The van der Waals surface area contributed by atoms with Crippen LogP contribution in [-0.4, -0.2) is 43.5 Å². The molecule has 0 spiro atoms. The van der Waals surface area contributed by atoms with Gasteiger partial charge in [0.1, 0.15) is 11.5 Å². The number of hydrogen-bond donors (Lipinski definition) is 2. The van der Waals surface area contributed by atoms with E-state index in [0.29, 0.717) is 44.0 Å². The second-order valence-corrected chi connectivity index (χ2v) is 8.40. The van der Waals surface area contributed by atoms with Gasteiger partial charge in [-0.25, -0.2) is 10.3 Å². The van der Waals surface area contributed by atoms with Gasteiger partial charge in [0.05, 0.1) is 12.0 Å². The number of benzene rings is 2. The van der Waals surface area contributed by atoms with Crippen LogP contribution in [0.15, 0.2) is 54.6 Å². The summed E-state index contributed by atoms with van der Waals surface area (Å²) in [4.78, 5) is 31.0. The lowest BCUT2D eigenvalue weighted by molar-refractivity contribution is -0.201. The van der Waals surface area contributed by atoms with Crippen molar-refractivity contribution in [2.24, 2.45) is 0 Å². The molecule has 8 nitrogen and oxygen atoms in total.